The molecule has 3 nitrogen and oxygen atoms in total. The molecule has 0 fully saturated rings. The molecule has 0 heterocycles. The Morgan fingerprint density at radius 2 is 1.56 bits per heavy atom. The molecule has 0 radical (unpaired) electrons. The molecule has 2 aromatic carbocycles. The number of rotatable bonds is 4. The zero-order chi connectivity index (χ0) is 13.0. The Bertz CT molecular complexity index is 525. The summed E-state index contributed by atoms with van der Waals surface area (Å²) in [7, 11) is 0. The van der Waals surface area contributed by atoms with Crippen molar-refractivity contribution in [2.24, 2.45) is 0 Å². The van der Waals surface area contributed by atoms with Crippen LogP contribution in [0.25, 0.3) is 0 Å². The normalized spacial score (nSPS) is 12.1. The molecule has 0 N–H and O–H groups in total. The number of nitrogens with zero attached hydrogens (tertiary/aromatic N) is 1. The fourth-order valence-corrected chi connectivity index (χ4v) is 2.06. The summed E-state index contributed by atoms with van der Waals surface area (Å²) in [4.78, 5) is 10.5. The second kappa shape index (κ2) is 5.65. The Balaban J connectivity index is 2.36. The van der Waals surface area contributed by atoms with Crippen LogP contribution >= 0.6 is 11.6 Å². The Morgan fingerprint density at radius 3 is 2.11 bits per heavy atom. The minimum Gasteiger partial charge on any atom is -0.265 e. The highest BCUT2D eigenvalue weighted by Gasteiger charge is 2.19. The zero-order valence-electron chi connectivity index (χ0n) is 9.62. The summed E-state index contributed by atoms with van der Waals surface area (Å²) < 4.78 is 0. The third-order valence-corrected chi connectivity index (χ3v) is 3.06. The van der Waals surface area contributed by atoms with Gasteiger partial charge in [0.05, 0.1) is 5.92 Å². The van der Waals surface area contributed by atoms with E-state index in [1.165, 1.54) is 0 Å². The smallest absolute Gasteiger partial charge is 0.214 e. The van der Waals surface area contributed by atoms with E-state index in [0.717, 1.165) is 11.1 Å². The van der Waals surface area contributed by atoms with Crippen molar-refractivity contribution in [2.75, 3.05) is 6.54 Å². The van der Waals surface area contributed by atoms with Crippen LogP contribution in [0.4, 0.5) is 0 Å². The molecule has 0 amide bonds. The van der Waals surface area contributed by atoms with E-state index in [2.05, 4.69) is 0 Å². The largest absolute Gasteiger partial charge is 0.265 e. The van der Waals surface area contributed by atoms with Crippen LogP contribution in [0.2, 0.25) is 5.02 Å². The molecule has 2 aromatic rings. The molecule has 4 heteroatoms. The van der Waals surface area contributed by atoms with E-state index in [1.54, 1.807) is 12.1 Å². The molecule has 0 aromatic heterocycles. The fraction of sp³-hybridized carbons (Fsp3) is 0.143. The quantitative estimate of drug-likeness (QED) is 0.621. The topological polar surface area (TPSA) is 43.1 Å². The molecular formula is C14H12ClNO2. The standard InChI is InChI=1S/C14H12ClNO2/c15-13-8-6-12(7-9-13)14(10-16(17)18)11-4-2-1-3-5-11/h1-9,14H,10H2/t14-/m0/s1. The van der Waals surface area contributed by atoms with Gasteiger partial charge in [-0.1, -0.05) is 54.1 Å². The van der Waals surface area contributed by atoms with Crippen molar-refractivity contribution in [1.82, 2.24) is 0 Å². The van der Waals surface area contributed by atoms with Crippen LogP contribution in [0.5, 0.6) is 0 Å². The summed E-state index contributed by atoms with van der Waals surface area (Å²) in [5.41, 5.74) is 1.85. The third kappa shape index (κ3) is 3.08. The minimum absolute atomic E-state index is 0.119. The Kier molecular flexibility index (Phi) is 3.95. The fourth-order valence-electron chi connectivity index (χ4n) is 1.93. The molecule has 0 saturated carbocycles. The van der Waals surface area contributed by atoms with Crippen LogP contribution in [0.3, 0.4) is 0 Å². The van der Waals surface area contributed by atoms with Gasteiger partial charge in [0.2, 0.25) is 6.54 Å². The first-order chi connectivity index (χ1) is 8.66. The molecule has 0 spiro atoms. The Morgan fingerprint density at radius 1 is 1.00 bits per heavy atom. The van der Waals surface area contributed by atoms with Crippen LogP contribution in [-0.4, -0.2) is 11.5 Å². The molecule has 0 aliphatic carbocycles. The highest BCUT2D eigenvalue weighted by atomic mass is 35.5. The van der Waals surface area contributed by atoms with E-state index < -0.39 is 0 Å². The van der Waals surface area contributed by atoms with Crippen LogP contribution in [0, 0.1) is 10.1 Å². The molecule has 0 unspecified atom stereocenters. The van der Waals surface area contributed by atoms with Gasteiger partial charge in [0.25, 0.3) is 0 Å². The van der Waals surface area contributed by atoms with Crippen molar-refractivity contribution in [1.29, 1.82) is 0 Å². The van der Waals surface area contributed by atoms with Gasteiger partial charge in [-0.3, -0.25) is 10.1 Å². The molecule has 0 saturated heterocycles. The van der Waals surface area contributed by atoms with Crippen molar-refractivity contribution < 1.29 is 4.92 Å². The maximum Gasteiger partial charge on any atom is 0.214 e. The van der Waals surface area contributed by atoms with Crippen LogP contribution in [0.1, 0.15) is 17.0 Å². The summed E-state index contributed by atoms with van der Waals surface area (Å²) in [5, 5.41) is 11.4. The predicted octanol–water partition coefficient (Wildman–Crippen LogP) is 3.75. The molecule has 18 heavy (non-hydrogen) atoms. The molecule has 0 aliphatic heterocycles. The lowest BCUT2D eigenvalue weighted by Crippen LogP contribution is -2.13. The first-order valence-corrected chi connectivity index (χ1v) is 5.97. The van der Waals surface area contributed by atoms with Crippen molar-refractivity contribution in [2.45, 2.75) is 5.92 Å². The van der Waals surface area contributed by atoms with Gasteiger partial charge in [-0.05, 0) is 23.3 Å². The predicted molar refractivity (Wildman–Crippen MR) is 71.6 cm³/mol. The zero-order valence-corrected chi connectivity index (χ0v) is 10.4. The van der Waals surface area contributed by atoms with Gasteiger partial charge in [0, 0.05) is 9.95 Å². The van der Waals surface area contributed by atoms with Gasteiger partial charge in [-0.15, -0.1) is 0 Å². The lowest BCUT2D eigenvalue weighted by Gasteiger charge is -2.13. The van der Waals surface area contributed by atoms with Gasteiger partial charge < -0.3 is 0 Å². The Labute approximate surface area is 110 Å². The van der Waals surface area contributed by atoms with E-state index in [4.69, 9.17) is 11.6 Å². The van der Waals surface area contributed by atoms with Gasteiger partial charge in [-0.2, -0.15) is 0 Å². The van der Waals surface area contributed by atoms with E-state index in [0.29, 0.717) is 5.02 Å². The number of hydrogen-bond donors (Lipinski definition) is 0. The lowest BCUT2D eigenvalue weighted by molar-refractivity contribution is -0.481. The average Bonchev–Trinajstić information content (AvgIpc) is 2.38. The monoisotopic (exact) mass is 261 g/mol. The highest BCUT2D eigenvalue weighted by Crippen LogP contribution is 2.25. The number of benzene rings is 2. The van der Waals surface area contributed by atoms with Gasteiger partial charge >= 0.3 is 0 Å². The summed E-state index contributed by atoms with van der Waals surface area (Å²) in [6, 6.07) is 16.7. The summed E-state index contributed by atoms with van der Waals surface area (Å²) in [6.07, 6.45) is 0. The molecule has 0 bridgehead atoms. The molecule has 1 atom stereocenters. The molecular weight excluding hydrogens is 250 g/mol. The first kappa shape index (κ1) is 12.6. The summed E-state index contributed by atoms with van der Waals surface area (Å²) >= 11 is 5.83. The molecule has 92 valence electrons. The maximum atomic E-state index is 10.8. The first-order valence-electron chi connectivity index (χ1n) is 5.59. The summed E-state index contributed by atoms with van der Waals surface area (Å²) in [5.74, 6) is -0.238. The summed E-state index contributed by atoms with van der Waals surface area (Å²) in [6.45, 7) is -0.119. The van der Waals surface area contributed by atoms with E-state index in [-0.39, 0.29) is 17.4 Å². The van der Waals surface area contributed by atoms with Gasteiger partial charge in [-0.25, -0.2) is 0 Å². The van der Waals surface area contributed by atoms with Crippen molar-refractivity contribution in [3.8, 4) is 0 Å². The minimum atomic E-state index is -0.285. The maximum absolute atomic E-state index is 10.8. The van der Waals surface area contributed by atoms with Crippen molar-refractivity contribution in [3.63, 3.8) is 0 Å². The SMILES string of the molecule is O=[N+]([O-])C[C@@H](c1ccccc1)c1ccc(Cl)cc1. The van der Waals surface area contributed by atoms with Crippen LogP contribution < -0.4 is 0 Å². The third-order valence-electron chi connectivity index (χ3n) is 2.81. The number of hydrogen-bond acceptors (Lipinski definition) is 2. The van der Waals surface area contributed by atoms with Crippen molar-refractivity contribution in [3.05, 3.63) is 80.9 Å². The highest BCUT2D eigenvalue weighted by molar-refractivity contribution is 6.30. The average molecular weight is 262 g/mol. The second-order valence-corrected chi connectivity index (χ2v) is 4.47. The Hall–Kier alpha value is -1.87. The van der Waals surface area contributed by atoms with Gasteiger partial charge in [0.1, 0.15) is 0 Å². The van der Waals surface area contributed by atoms with E-state index >= 15 is 0 Å². The lowest BCUT2D eigenvalue weighted by atomic mass is 9.91. The molecule has 2 rings (SSSR count). The van der Waals surface area contributed by atoms with Crippen LogP contribution in [-0.2, 0) is 0 Å². The second-order valence-electron chi connectivity index (χ2n) is 4.03. The van der Waals surface area contributed by atoms with Crippen molar-refractivity contribution >= 4 is 11.6 Å². The number of nitro groups is 1. The van der Waals surface area contributed by atoms with E-state index in [1.807, 2.05) is 42.5 Å². The van der Waals surface area contributed by atoms with Gasteiger partial charge in [0.15, 0.2) is 0 Å². The molecule has 0 aliphatic rings. The van der Waals surface area contributed by atoms with Crippen LogP contribution in [0.15, 0.2) is 54.6 Å². The van der Waals surface area contributed by atoms with E-state index in [9.17, 15) is 10.1 Å². The number of halogens is 1.